The van der Waals surface area contributed by atoms with E-state index in [9.17, 15) is 5.11 Å². The summed E-state index contributed by atoms with van der Waals surface area (Å²) in [7, 11) is 0. The van der Waals surface area contributed by atoms with Crippen LogP contribution in [0.4, 0.5) is 0 Å². The van der Waals surface area contributed by atoms with E-state index in [4.69, 9.17) is 0 Å². The van der Waals surface area contributed by atoms with Crippen molar-refractivity contribution in [3.8, 4) is 0 Å². The monoisotopic (exact) mass is 191 g/mol. The molecule has 0 aromatic heterocycles. The summed E-state index contributed by atoms with van der Waals surface area (Å²) in [5.41, 5.74) is 1.33. The molecule has 14 heavy (non-hydrogen) atoms. The quantitative estimate of drug-likeness (QED) is 0.768. The highest BCUT2D eigenvalue weighted by atomic mass is 16.3. The van der Waals surface area contributed by atoms with Crippen LogP contribution in [0.3, 0.4) is 0 Å². The van der Waals surface area contributed by atoms with Gasteiger partial charge in [-0.25, -0.2) is 0 Å². The van der Waals surface area contributed by atoms with Crippen molar-refractivity contribution < 1.29 is 5.11 Å². The van der Waals surface area contributed by atoms with Crippen molar-refractivity contribution in [3.63, 3.8) is 0 Å². The van der Waals surface area contributed by atoms with Gasteiger partial charge >= 0.3 is 0 Å². The largest absolute Gasteiger partial charge is 0.392 e. The highest BCUT2D eigenvalue weighted by molar-refractivity contribution is 5.14. The SMILES string of the molecule is C[C@H]1C[C@H](O)CN1Cc1ccccc1. The summed E-state index contributed by atoms with van der Waals surface area (Å²) < 4.78 is 0. The third-order valence-corrected chi connectivity index (χ3v) is 2.91. The molecule has 0 aliphatic carbocycles. The molecule has 0 unspecified atom stereocenters. The fourth-order valence-electron chi connectivity index (χ4n) is 2.11. The molecule has 1 N–H and O–H groups in total. The molecule has 1 fully saturated rings. The van der Waals surface area contributed by atoms with Gasteiger partial charge < -0.3 is 5.11 Å². The van der Waals surface area contributed by atoms with Gasteiger partial charge in [-0.05, 0) is 18.9 Å². The van der Waals surface area contributed by atoms with E-state index in [1.165, 1.54) is 5.56 Å². The van der Waals surface area contributed by atoms with Crippen molar-refractivity contribution in [1.82, 2.24) is 4.90 Å². The Balaban J connectivity index is 1.98. The molecule has 0 spiro atoms. The van der Waals surface area contributed by atoms with Crippen molar-refractivity contribution in [1.29, 1.82) is 0 Å². The number of likely N-dealkylation sites (tertiary alicyclic amines) is 1. The summed E-state index contributed by atoms with van der Waals surface area (Å²) in [5, 5.41) is 9.51. The highest BCUT2D eigenvalue weighted by Crippen LogP contribution is 2.19. The third-order valence-electron chi connectivity index (χ3n) is 2.91. The zero-order valence-corrected chi connectivity index (χ0v) is 8.56. The van der Waals surface area contributed by atoms with Crippen LogP contribution >= 0.6 is 0 Å². The van der Waals surface area contributed by atoms with Gasteiger partial charge in [0.25, 0.3) is 0 Å². The molecule has 2 nitrogen and oxygen atoms in total. The van der Waals surface area contributed by atoms with Crippen molar-refractivity contribution >= 4 is 0 Å². The molecule has 0 amide bonds. The highest BCUT2D eigenvalue weighted by Gasteiger charge is 2.26. The minimum absolute atomic E-state index is 0.131. The number of aliphatic hydroxyl groups excluding tert-OH is 1. The van der Waals surface area contributed by atoms with Crippen LogP contribution < -0.4 is 0 Å². The Kier molecular flexibility index (Phi) is 2.85. The molecule has 0 saturated carbocycles. The van der Waals surface area contributed by atoms with E-state index < -0.39 is 0 Å². The maximum atomic E-state index is 9.51. The number of nitrogens with zero attached hydrogens (tertiary/aromatic N) is 1. The van der Waals surface area contributed by atoms with Crippen LogP contribution in [0.15, 0.2) is 30.3 Å². The summed E-state index contributed by atoms with van der Waals surface area (Å²) in [6, 6.07) is 10.9. The first-order valence-corrected chi connectivity index (χ1v) is 5.22. The van der Waals surface area contributed by atoms with Crippen LogP contribution in [0.5, 0.6) is 0 Å². The molecule has 0 radical (unpaired) electrons. The lowest BCUT2D eigenvalue weighted by Gasteiger charge is -2.20. The minimum atomic E-state index is -0.131. The van der Waals surface area contributed by atoms with Gasteiger partial charge in [-0.1, -0.05) is 30.3 Å². The molecule has 2 heteroatoms. The molecular formula is C12H17NO. The van der Waals surface area contributed by atoms with Crippen LogP contribution in [-0.4, -0.2) is 28.7 Å². The van der Waals surface area contributed by atoms with Gasteiger partial charge in [-0.15, -0.1) is 0 Å². The Morgan fingerprint density at radius 2 is 2.07 bits per heavy atom. The molecule has 1 aliphatic heterocycles. The van der Waals surface area contributed by atoms with Gasteiger partial charge in [0, 0.05) is 19.1 Å². The van der Waals surface area contributed by atoms with Crippen LogP contribution in [0, 0.1) is 0 Å². The van der Waals surface area contributed by atoms with E-state index in [0.29, 0.717) is 6.04 Å². The summed E-state index contributed by atoms with van der Waals surface area (Å²) in [4.78, 5) is 2.33. The minimum Gasteiger partial charge on any atom is -0.392 e. The van der Waals surface area contributed by atoms with Gasteiger partial charge in [0.2, 0.25) is 0 Å². The second-order valence-corrected chi connectivity index (χ2v) is 4.15. The van der Waals surface area contributed by atoms with Crippen LogP contribution in [0.1, 0.15) is 18.9 Å². The topological polar surface area (TPSA) is 23.5 Å². The molecule has 1 heterocycles. The van der Waals surface area contributed by atoms with Crippen molar-refractivity contribution in [2.75, 3.05) is 6.54 Å². The van der Waals surface area contributed by atoms with Gasteiger partial charge in [-0.3, -0.25) is 4.90 Å². The molecule has 2 atom stereocenters. The van der Waals surface area contributed by atoms with Gasteiger partial charge in [0.05, 0.1) is 6.10 Å². The lowest BCUT2D eigenvalue weighted by Crippen LogP contribution is -2.26. The fourth-order valence-corrected chi connectivity index (χ4v) is 2.11. The average Bonchev–Trinajstić information content (AvgIpc) is 2.47. The predicted octanol–water partition coefficient (Wildman–Crippen LogP) is 1.64. The van der Waals surface area contributed by atoms with Crippen LogP contribution in [-0.2, 0) is 6.54 Å². The lowest BCUT2D eigenvalue weighted by atomic mass is 10.2. The average molecular weight is 191 g/mol. The first-order chi connectivity index (χ1) is 6.75. The maximum absolute atomic E-state index is 9.51. The second kappa shape index (κ2) is 4.11. The Morgan fingerprint density at radius 3 is 2.64 bits per heavy atom. The number of rotatable bonds is 2. The Bertz CT molecular complexity index is 286. The number of hydrogen-bond acceptors (Lipinski definition) is 2. The lowest BCUT2D eigenvalue weighted by molar-refractivity contribution is 0.173. The van der Waals surface area contributed by atoms with Gasteiger partial charge in [-0.2, -0.15) is 0 Å². The molecule has 1 aromatic carbocycles. The zero-order chi connectivity index (χ0) is 9.97. The van der Waals surface area contributed by atoms with E-state index in [0.717, 1.165) is 19.5 Å². The predicted molar refractivity (Wildman–Crippen MR) is 56.9 cm³/mol. The van der Waals surface area contributed by atoms with Crippen molar-refractivity contribution in [2.24, 2.45) is 0 Å². The summed E-state index contributed by atoms with van der Waals surface area (Å²) in [6.45, 7) is 3.95. The van der Waals surface area contributed by atoms with E-state index >= 15 is 0 Å². The van der Waals surface area contributed by atoms with Crippen LogP contribution in [0.2, 0.25) is 0 Å². The first-order valence-electron chi connectivity index (χ1n) is 5.22. The van der Waals surface area contributed by atoms with E-state index in [-0.39, 0.29) is 6.10 Å². The van der Waals surface area contributed by atoms with E-state index in [1.54, 1.807) is 0 Å². The molecule has 1 saturated heterocycles. The third kappa shape index (κ3) is 2.14. The molecular weight excluding hydrogens is 174 g/mol. The smallest absolute Gasteiger partial charge is 0.0682 e. The first kappa shape index (κ1) is 9.69. The molecule has 1 aliphatic rings. The van der Waals surface area contributed by atoms with Gasteiger partial charge in [0.15, 0.2) is 0 Å². The molecule has 0 bridgehead atoms. The maximum Gasteiger partial charge on any atom is 0.0682 e. The number of hydrogen-bond donors (Lipinski definition) is 1. The zero-order valence-electron chi connectivity index (χ0n) is 8.56. The number of benzene rings is 1. The molecule has 2 rings (SSSR count). The van der Waals surface area contributed by atoms with Crippen molar-refractivity contribution in [2.45, 2.75) is 32.0 Å². The van der Waals surface area contributed by atoms with E-state index in [1.807, 2.05) is 6.07 Å². The van der Waals surface area contributed by atoms with E-state index in [2.05, 4.69) is 36.1 Å². The molecule has 1 aromatic rings. The Morgan fingerprint density at radius 1 is 1.36 bits per heavy atom. The van der Waals surface area contributed by atoms with Crippen molar-refractivity contribution in [3.05, 3.63) is 35.9 Å². The summed E-state index contributed by atoms with van der Waals surface area (Å²) in [6.07, 6.45) is 0.779. The van der Waals surface area contributed by atoms with Crippen LogP contribution in [0.25, 0.3) is 0 Å². The second-order valence-electron chi connectivity index (χ2n) is 4.15. The fraction of sp³-hybridized carbons (Fsp3) is 0.500. The summed E-state index contributed by atoms with van der Waals surface area (Å²) >= 11 is 0. The summed E-state index contributed by atoms with van der Waals surface area (Å²) in [5.74, 6) is 0. The Labute approximate surface area is 85.2 Å². The number of aliphatic hydroxyl groups is 1. The standard InChI is InChI=1S/C12H17NO/c1-10-7-12(14)9-13(10)8-11-5-3-2-4-6-11/h2-6,10,12,14H,7-9H2,1H3/t10-,12-/m0/s1. The molecule has 76 valence electrons. The van der Waals surface area contributed by atoms with Gasteiger partial charge in [0.1, 0.15) is 0 Å². The Hall–Kier alpha value is -0.860. The number of β-amino-alcohol motifs (C(OH)–C–C–N with tert-alkyl or cyclic N) is 1. The normalized spacial score (nSPS) is 28.1.